The number of ether oxygens (including phenoxy) is 1. The highest BCUT2D eigenvalue weighted by atomic mass is 16.5. The molecule has 3 rings (SSSR count). The molecule has 5 heteroatoms. The molecule has 5 nitrogen and oxygen atoms in total. The Labute approximate surface area is 99.2 Å². The lowest BCUT2D eigenvalue weighted by atomic mass is 10.1. The van der Waals surface area contributed by atoms with Crippen LogP contribution in [0.5, 0.6) is 5.75 Å². The molecule has 1 N–H and O–H groups in total. The van der Waals surface area contributed by atoms with Gasteiger partial charge >= 0.3 is 0 Å². The molecule has 2 aromatic rings. The summed E-state index contributed by atoms with van der Waals surface area (Å²) in [6, 6.07) is 1.79. The maximum absolute atomic E-state index is 5.73. The number of fused-ring (bicyclic) bond motifs is 1. The van der Waals surface area contributed by atoms with Crippen molar-refractivity contribution in [3.05, 3.63) is 18.2 Å². The standard InChI is InChI=1S/C12H15N3O2/c1-16-9-3-5-14-12-11(9)17-10(15-12)6-8-2-4-13-7-8/h3,5,8,13H,2,4,6-7H2,1H3. The van der Waals surface area contributed by atoms with Crippen LogP contribution in [0.4, 0.5) is 0 Å². The molecule has 0 spiro atoms. The van der Waals surface area contributed by atoms with Crippen LogP contribution in [0.3, 0.4) is 0 Å². The quantitative estimate of drug-likeness (QED) is 0.868. The molecule has 1 atom stereocenters. The molecule has 1 aliphatic rings. The Bertz CT molecular complexity index is 517. The second-order valence-electron chi connectivity index (χ2n) is 4.34. The Morgan fingerprint density at radius 1 is 1.59 bits per heavy atom. The number of nitrogens with zero attached hydrogens (tertiary/aromatic N) is 2. The predicted molar refractivity (Wildman–Crippen MR) is 63.0 cm³/mol. The lowest BCUT2D eigenvalue weighted by Gasteiger charge is -2.02. The molecule has 1 unspecified atom stereocenters. The van der Waals surface area contributed by atoms with Crippen LogP contribution in [0, 0.1) is 5.92 Å². The van der Waals surface area contributed by atoms with Gasteiger partial charge in [0.2, 0.25) is 11.2 Å². The number of hydrogen-bond donors (Lipinski definition) is 1. The average molecular weight is 233 g/mol. The summed E-state index contributed by atoms with van der Waals surface area (Å²) in [5, 5.41) is 3.34. The van der Waals surface area contributed by atoms with Crippen molar-refractivity contribution in [3.8, 4) is 5.75 Å². The van der Waals surface area contributed by atoms with Gasteiger partial charge in [-0.15, -0.1) is 0 Å². The van der Waals surface area contributed by atoms with Crippen LogP contribution in [-0.2, 0) is 6.42 Å². The van der Waals surface area contributed by atoms with Crippen molar-refractivity contribution in [2.45, 2.75) is 12.8 Å². The monoisotopic (exact) mass is 233 g/mol. The predicted octanol–water partition coefficient (Wildman–Crippen LogP) is 1.38. The summed E-state index contributed by atoms with van der Waals surface area (Å²) in [6.07, 6.45) is 3.74. The van der Waals surface area contributed by atoms with E-state index in [0.717, 1.165) is 25.4 Å². The van der Waals surface area contributed by atoms with E-state index < -0.39 is 0 Å². The lowest BCUT2D eigenvalue weighted by molar-refractivity contribution is 0.402. The Hall–Kier alpha value is -1.62. The topological polar surface area (TPSA) is 60.2 Å². The van der Waals surface area contributed by atoms with Gasteiger partial charge in [-0.1, -0.05) is 0 Å². The van der Waals surface area contributed by atoms with Crippen molar-refractivity contribution in [2.75, 3.05) is 20.2 Å². The largest absolute Gasteiger partial charge is 0.493 e. The van der Waals surface area contributed by atoms with Crippen LogP contribution >= 0.6 is 0 Å². The van der Waals surface area contributed by atoms with E-state index in [0.29, 0.717) is 22.9 Å². The fourth-order valence-electron chi connectivity index (χ4n) is 2.24. The van der Waals surface area contributed by atoms with Crippen molar-refractivity contribution in [1.29, 1.82) is 0 Å². The summed E-state index contributed by atoms with van der Waals surface area (Å²) in [6.45, 7) is 2.13. The van der Waals surface area contributed by atoms with Crippen LogP contribution in [0.15, 0.2) is 16.7 Å². The Morgan fingerprint density at radius 2 is 2.53 bits per heavy atom. The number of rotatable bonds is 3. The van der Waals surface area contributed by atoms with Crippen molar-refractivity contribution in [1.82, 2.24) is 15.3 Å². The van der Waals surface area contributed by atoms with Crippen LogP contribution in [0.25, 0.3) is 11.2 Å². The summed E-state index contributed by atoms with van der Waals surface area (Å²) in [5.74, 6) is 2.07. The smallest absolute Gasteiger partial charge is 0.215 e. The molecule has 3 heterocycles. The second-order valence-corrected chi connectivity index (χ2v) is 4.34. The van der Waals surface area contributed by atoms with Crippen LogP contribution in [-0.4, -0.2) is 30.2 Å². The van der Waals surface area contributed by atoms with E-state index in [1.807, 2.05) is 0 Å². The van der Waals surface area contributed by atoms with Gasteiger partial charge in [0.05, 0.1) is 7.11 Å². The summed E-state index contributed by atoms with van der Waals surface area (Å²) in [4.78, 5) is 8.58. The number of pyridine rings is 1. The fraction of sp³-hybridized carbons (Fsp3) is 0.500. The molecule has 0 saturated carbocycles. The number of oxazole rings is 1. The summed E-state index contributed by atoms with van der Waals surface area (Å²) < 4.78 is 11.0. The highest BCUT2D eigenvalue weighted by molar-refractivity contribution is 5.75. The zero-order chi connectivity index (χ0) is 11.7. The van der Waals surface area contributed by atoms with Crippen molar-refractivity contribution >= 4 is 11.2 Å². The molecule has 0 aromatic carbocycles. The molecule has 17 heavy (non-hydrogen) atoms. The van der Waals surface area contributed by atoms with Crippen LogP contribution in [0.2, 0.25) is 0 Å². The van der Waals surface area contributed by atoms with E-state index >= 15 is 0 Å². The van der Waals surface area contributed by atoms with E-state index in [2.05, 4.69) is 15.3 Å². The zero-order valence-corrected chi connectivity index (χ0v) is 9.77. The SMILES string of the molecule is COc1ccnc2nc(CC3CCNC3)oc12. The number of methoxy groups -OCH3 is 1. The van der Waals surface area contributed by atoms with Crippen molar-refractivity contribution in [2.24, 2.45) is 5.92 Å². The fourth-order valence-corrected chi connectivity index (χ4v) is 2.24. The van der Waals surface area contributed by atoms with Crippen LogP contribution in [0.1, 0.15) is 12.3 Å². The van der Waals surface area contributed by atoms with E-state index in [1.54, 1.807) is 19.4 Å². The average Bonchev–Trinajstić information content (AvgIpc) is 2.97. The Balaban J connectivity index is 1.90. The zero-order valence-electron chi connectivity index (χ0n) is 9.77. The Kier molecular flexibility index (Phi) is 2.68. The molecular weight excluding hydrogens is 218 g/mol. The maximum Gasteiger partial charge on any atom is 0.215 e. The minimum absolute atomic E-state index is 0.619. The lowest BCUT2D eigenvalue weighted by Crippen LogP contribution is -2.10. The molecule has 1 saturated heterocycles. The van der Waals surface area contributed by atoms with Crippen molar-refractivity contribution in [3.63, 3.8) is 0 Å². The second kappa shape index (κ2) is 4.33. The van der Waals surface area contributed by atoms with Gasteiger partial charge in [-0.25, -0.2) is 4.98 Å². The van der Waals surface area contributed by atoms with Crippen LogP contribution < -0.4 is 10.1 Å². The first-order chi connectivity index (χ1) is 8.36. The maximum atomic E-state index is 5.73. The summed E-state index contributed by atoms with van der Waals surface area (Å²) in [7, 11) is 1.62. The first kappa shape index (κ1) is 10.5. The van der Waals surface area contributed by atoms with Gasteiger partial charge in [0.25, 0.3) is 0 Å². The van der Waals surface area contributed by atoms with Gasteiger partial charge in [0.15, 0.2) is 11.6 Å². The molecule has 0 amide bonds. The van der Waals surface area contributed by atoms with Gasteiger partial charge < -0.3 is 14.5 Å². The van der Waals surface area contributed by atoms with E-state index in [4.69, 9.17) is 9.15 Å². The third-order valence-corrected chi connectivity index (χ3v) is 3.15. The van der Waals surface area contributed by atoms with E-state index in [1.165, 1.54) is 6.42 Å². The normalized spacial score (nSPS) is 19.9. The summed E-state index contributed by atoms with van der Waals surface area (Å²) >= 11 is 0. The highest BCUT2D eigenvalue weighted by Crippen LogP contribution is 2.25. The van der Waals surface area contributed by atoms with Crippen molar-refractivity contribution < 1.29 is 9.15 Å². The summed E-state index contributed by atoms with van der Waals surface area (Å²) in [5.41, 5.74) is 1.28. The molecule has 1 fully saturated rings. The van der Waals surface area contributed by atoms with Gasteiger partial charge in [0.1, 0.15) is 0 Å². The molecule has 1 aliphatic heterocycles. The first-order valence-electron chi connectivity index (χ1n) is 5.86. The van der Waals surface area contributed by atoms with Gasteiger partial charge in [-0.3, -0.25) is 0 Å². The van der Waals surface area contributed by atoms with Gasteiger partial charge in [-0.2, -0.15) is 4.98 Å². The molecular formula is C12H15N3O2. The number of hydrogen-bond acceptors (Lipinski definition) is 5. The minimum Gasteiger partial charge on any atom is -0.493 e. The van der Waals surface area contributed by atoms with Gasteiger partial charge in [-0.05, 0) is 25.4 Å². The highest BCUT2D eigenvalue weighted by Gasteiger charge is 2.19. The Morgan fingerprint density at radius 3 is 3.29 bits per heavy atom. The molecule has 90 valence electrons. The minimum atomic E-state index is 0.619. The third-order valence-electron chi connectivity index (χ3n) is 3.15. The van der Waals surface area contributed by atoms with Gasteiger partial charge in [0, 0.05) is 18.7 Å². The number of nitrogens with one attached hydrogen (secondary N) is 1. The molecule has 0 radical (unpaired) electrons. The van der Waals surface area contributed by atoms with E-state index in [-0.39, 0.29) is 0 Å². The molecule has 0 aliphatic carbocycles. The first-order valence-corrected chi connectivity index (χ1v) is 5.86. The third kappa shape index (κ3) is 1.98. The molecule has 2 aromatic heterocycles. The van der Waals surface area contributed by atoms with E-state index in [9.17, 15) is 0 Å². The number of aromatic nitrogens is 2. The molecule has 0 bridgehead atoms.